The standard InChI is InChI=1S/C16H15BrN2O/c1-10-6-7-15(20-10)11(2)19-14-5-3-4-12-8-13(17)9-18-16(12)14/h3-9,11,19H,1-2H3. The van der Waals surface area contributed by atoms with Crippen LogP contribution in [0.3, 0.4) is 0 Å². The Balaban J connectivity index is 1.94. The fourth-order valence-electron chi connectivity index (χ4n) is 2.24. The molecule has 1 aromatic carbocycles. The van der Waals surface area contributed by atoms with Crippen LogP contribution in [0.2, 0.25) is 0 Å². The largest absolute Gasteiger partial charge is 0.464 e. The molecule has 3 rings (SSSR count). The van der Waals surface area contributed by atoms with Crippen molar-refractivity contribution >= 4 is 32.5 Å². The van der Waals surface area contributed by atoms with E-state index in [1.165, 1.54) is 0 Å². The molecule has 0 bridgehead atoms. The average Bonchev–Trinajstić information content (AvgIpc) is 2.85. The molecule has 0 aliphatic rings. The number of halogens is 1. The molecule has 0 aliphatic carbocycles. The van der Waals surface area contributed by atoms with Gasteiger partial charge in [-0.1, -0.05) is 12.1 Å². The highest BCUT2D eigenvalue weighted by molar-refractivity contribution is 9.10. The van der Waals surface area contributed by atoms with Crippen LogP contribution in [0.4, 0.5) is 5.69 Å². The molecule has 20 heavy (non-hydrogen) atoms. The molecule has 0 fully saturated rings. The number of aryl methyl sites for hydroxylation is 1. The van der Waals surface area contributed by atoms with E-state index in [-0.39, 0.29) is 6.04 Å². The number of hydrogen-bond donors (Lipinski definition) is 1. The first-order chi connectivity index (χ1) is 9.63. The second kappa shape index (κ2) is 5.29. The number of pyridine rings is 1. The topological polar surface area (TPSA) is 38.1 Å². The summed E-state index contributed by atoms with van der Waals surface area (Å²) in [5, 5.41) is 4.57. The number of para-hydroxylation sites is 1. The van der Waals surface area contributed by atoms with Crippen molar-refractivity contribution in [2.24, 2.45) is 0 Å². The number of nitrogens with one attached hydrogen (secondary N) is 1. The van der Waals surface area contributed by atoms with Crippen molar-refractivity contribution in [1.29, 1.82) is 0 Å². The van der Waals surface area contributed by atoms with E-state index in [0.29, 0.717) is 0 Å². The molecule has 0 amide bonds. The minimum Gasteiger partial charge on any atom is -0.464 e. The molecule has 0 saturated heterocycles. The van der Waals surface area contributed by atoms with Crippen LogP contribution in [0.25, 0.3) is 10.9 Å². The molecule has 0 saturated carbocycles. The van der Waals surface area contributed by atoms with Crippen molar-refractivity contribution in [2.45, 2.75) is 19.9 Å². The van der Waals surface area contributed by atoms with Gasteiger partial charge in [-0.15, -0.1) is 0 Å². The molecule has 3 nitrogen and oxygen atoms in total. The van der Waals surface area contributed by atoms with Gasteiger partial charge in [-0.3, -0.25) is 4.98 Å². The zero-order chi connectivity index (χ0) is 14.1. The van der Waals surface area contributed by atoms with Gasteiger partial charge in [0.1, 0.15) is 11.5 Å². The Labute approximate surface area is 126 Å². The van der Waals surface area contributed by atoms with Crippen molar-refractivity contribution in [3.05, 3.63) is 58.6 Å². The van der Waals surface area contributed by atoms with Crippen LogP contribution in [0.5, 0.6) is 0 Å². The lowest BCUT2D eigenvalue weighted by Crippen LogP contribution is -2.06. The van der Waals surface area contributed by atoms with Crippen LogP contribution < -0.4 is 5.32 Å². The van der Waals surface area contributed by atoms with Gasteiger partial charge >= 0.3 is 0 Å². The summed E-state index contributed by atoms with van der Waals surface area (Å²) in [6.45, 7) is 4.03. The number of aromatic nitrogens is 1. The van der Waals surface area contributed by atoms with Gasteiger partial charge < -0.3 is 9.73 Å². The maximum Gasteiger partial charge on any atom is 0.126 e. The van der Waals surface area contributed by atoms with E-state index in [1.807, 2.05) is 37.4 Å². The lowest BCUT2D eigenvalue weighted by Gasteiger charge is -2.14. The highest BCUT2D eigenvalue weighted by atomic mass is 79.9. The van der Waals surface area contributed by atoms with Gasteiger partial charge in [0.2, 0.25) is 0 Å². The molecule has 2 heterocycles. The van der Waals surface area contributed by atoms with E-state index in [0.717, 1.165) is 32.6 Å². The molecule has 4 heteroatoms. The van der Waals surface area contributed by atoms with Crippen molar-refractivity contribution in [1.82, 2.24) is 4.98 Å². The predicted molar refractivity (Wildman–Crippen MR) is 84.9 cm³/mol. The highest BCUT2D eigenvalue weighted by Gasteiger charge is 2.11. The van der Waals surface area contributed by atoms with E-state index in [1.54, 1.807) is 0 Å². The quantitative estimate of drug-likeness (QED) is 0.728. The van der Waals surface area contributed by atoms with Crippen LogP contribution in [0, 0.1) is 6.92 Å². The van der Waals surface area contributed by atoms with Gasteiger partial charge in [0.05, 0.1) is 17.2 Å². The second-order valence-corrected chi connectivity index (χ2v) is 5.76. The summed E-state index contributed by atoms with van der Waals surface area (Å²) in [4.78, 5) is 4.49. The monoisotopic (exact) mass is 330 g/mol. The first-order valence-corrected chi connectivity index (χ1v) is 7.30. The summed E-state index contributed by atoms with van der Waals surface area (Å²) in [6.07, 6.45) is 1.81. The van der Waals surface area contributed by atoms with E-state index in [4.69, 9.17) is 4.42 Å². The number of furan rings is 1. The van der Waals surface area contributed by atoms with Gasteiger partial charge in [-0.05, 0) is 54.0 Å². The van der Waals surface area contributed by atoms with Gasteiger partial charge in [0.25, 0.3) is 0 Å². The summed E-state index contributed by atoms with van der Waals surface area (Å²) in [5.41, 5.74) is 1.97. The Morgan fingerprint density at radius 2 is 2.10 bits per heavy atom. The molecular weight excluding hydrogens is 316 g/mol. The highest BCUT2D eigenvalue weighted by Crippen LogP contribution is 2.27. The molecule has 1 atom stereocenters. The Morgan fingerprint density at radius 1 is 1.25 bits per heavy atom. The minimum absolute atomic E-state index is 0.0970. The van der Waals surface area contributed by atoms with E-state index >= 15 is 0 Å². The number of anilines is 1. The third kappa shape index (κ3) is 2.56. The van der Waals surface area contributed by atoms with Crippen molar-refractivity contribution in [2.75, 3.05) is 5.32 Å². The SMILES string of the molecule is Cc1ccc(C(C)Nc2cccc3cc(Br)cnc23)o1. The van der Waals surface area contributed by atoms with Crippen LogP contribution in [-0.2, 0) is 0 Å². The summed E-state index contributed by atoms with van der Waals surface area (Å²) in [5.74, 6) is 1.85. The number of rotatable bonds is 3. The zero-order valence-electron chi connectivity index (χ0n) is 11.4. The summed E-state index contributed by atoms with van der Waals surface area (Å²) < 4.78 is 6.64. The summed E-state index contributed by atoms with van der Waals surface area (Å²) in [7, 11) is 0. The Morgan fingerprint density at radius 3 is 2.85 bits per heavy atom. The number of hydrogen-bond acceptors (Lipinski definition) is 3. The Bertz CT molecular complexity index is 751. The molecule has 1 unspecified atom stereocenters. The molecule has 2 aromatic heterocycles. The number of fused-ring (bicyclic) bond motifs is 1. The molecule has 1 N–H and O–H groups in total. The van der Waals surface area contributed by atoms with Crippen LogP contribution in [0.15, 0.2) is 51.5 Å². The first kappa shape index (κ1) is 13.2. The van der Waals surface area contributed by atoms with Crippen molar-refractivity contribution in [3.8, 4) is 0 Å². The first-order valence-electron chi connectivity index (χ1n) is 6.50. The fourth-order valence-corrected chi connectivity index (χ4v) is 2.59. The van der Waals surface area contributed by atoms with Crippen molar-refractivity contribution < 1.29 is 4.42 Å². The van der Waals surface area contributed by atoms with Crippen molar-refractivity contribution in [3.63, 3.8) is 0 Å². The zero-order valence-corrected chi connectivity index (χ0v) is 12.9. The van der Waals surface area contributed by atoms with Crippen LogP contribution in [0.1, 0.15) is 24.5 Å². The third-order valence-corrected chi connectivity index (χ3v) is 3.67. The van der Waals surface area contributed by atoms with E-state index < -0.39 is 0 Å². The minimum atomic E-state index is 0.0970. The maximum atomic E-state index is 5.66. The molecular formula is C16H15BrN2O. The normalized spacial score (nSPS) is 12.6. The molecule has 3 aromatic rings. The smallest absolute Gasteiger partial charge is 0.126 e. The molecule has 102 valence electrons. The molecule has 0 spiro atoms. The van der Waals surface area contributed by atoms with E-state index in [2.05, 4.69) is 45.3 Å². The second-order valence-electron chi connectivity index (χ2n) is 4.85. The number of benzene rings is 1. The molecule has 0 aliphatic heterocycles. The summed E-state index contributed by atoms with van der Waals surface area (Å²) >= 11 is 3.45. The van der Waals surface area contributed by atoms with Gasteiger partial charge in [-0.25, -0.2) is 0 Å². The lowest BCUT2D eigenvalue weighted by atomic mass is 10.1. The lowest BCUT2D eigenvalue weighted by molar-refractivity contribution is 0.467. The van der Waals surface area contributed by atoms with Gasteiger partial charge in [-0.2, -0.15) is 0 Å². The number of nitrogens with zero attached hydrogens (tertiary/aromatic N) is 1. The van der Waals surface area contributed by atoms with E-state index in [9.17, 15) is 0 Å². The molecule has 0 radical (unpaired) electrons. The third-order valence-electron chi connectivity index (χ3n) is 3.24. The maximum absolute atomic E-state index is 5.66. The Kier molecular flexibility index (Phi) is 3.49. The predicted octanol–water partition coefficient (Wildman–Crippen LogP) is 5.07. The Hall–Kier alpha value is -1.81. The summed E-state index contributed by atoms with van der Waals surface area (Å²) in [6, 6.07) is 12.3. The van der Waals surface area contributed by atoms with Crippen LogP contribution >= 0.6 is 15.9 Å². The average molecular weight is 331 g/mol. The van der Waals surface area contributed by atoms with Crippen LogP contribution in [-0.4, -0.2) is 4.98 Å². The van der Waals surface area contributed by atoms with Gasteiger partial charge in [0, 0.05) is 16.1 Å². The fraction of sp³-hybridized carbons (Fsp3) is 0.188. The van der Waals surface area contributed by atoms with Gasteiger partial charge in [0.15, 0.2) is 0 Å².